The molecule has 0 aliphatic rings. The van der Waals surface area contributed by atoms with Crippen molar-refractivity contribution in [3.05, 3.63) is 29.3 Å². The number of alkyl halides is 3. The third-order valence-electron chi connectivity index (χ3n) is 3.25. The van der Waals surface area contributed by atoms with Crippen LogP contribution in [-0.2, 0) is 27.9 Å². The summed E-state index contributed by atoms with van der Waals surface area (Å²) in [6.45, 7) is 0.997. The number of carbonyl (C=O) groups excluding carboxylic acids is 2. The van der Waals surface area contributed by atoms with Gasteiger partial charge in [0.05, 0.1) is 16.0 Å². The molecule has 0 spiro atoms. The van der Waals surface area contributed by atoms with Gasteiger partial charge in [0.15, 0.2) is 9.84 Å². The predicted octanol–water partition coefficient (Wildman–Crippen LogP) is 0.826. The van der Waals surface area contributed by atoms with Crippen molar-refractivity contribution in [1.29, 1.82) is 0 Å². The second kappa shape index (κ2) is 6.48. The number of anilines is 1. The summed E-state index contributed by atoms with van der Waals surface area (Å²) in [5.41, 5.74) is -1.86. The molecule has 0 radical (unpaired) electrons. The molecule has 0 unspecified atom stereocenters. The van der Waals surface area contributed by atoms with E-state index in [1.54, 1.807) is 0 Å². The van der Waals surface area contributed by atoms with Gasteiger partial charge >= 0.3 is 6.18 Å². The highest BCUT2D eigenvalue weighted by atomic mass is 32.2. The summed E-state index contributed by atoms with van der Waals surface area (Å²) in [5.74, 6) is -2.35. The molecule has 13 heteroatoms. The van der Waals surface area contributed by atoms with E-state index in [4.69, 9.17) is 0 Å². The molecule has 0 fully saturated rings. The van der Waals surface area contributed by atoms with E-state index in [0.29, 0.717) is 29.4 Å². The van der Waals surface area contributed by atoms with Crippen LogP contribution in [0, 0.1) is 0 Å². The monoisotopic (exact) mass is 391 g/mol. The fraction of sp³-hybridized carbons (Fsp3) is 0.308. The van der Waals surface area contributed by atoms with Crippen LogP contribution in [0.3, 0.4) is 0 Å². The fourth-order valence-electron chi connectivity index (χ4n) is 2.09. The lowest BCUT2D eigenvalue weighted by Gasteiger charge is -2.19. The molecule has 0 aliphatic carbocycles. The Morgan fingerprint density at radius 1 is 1.23 bits per heavy atom. The van der Waals surface area contributed by atoms with Crippen molar-refractivity contribution >= 4 is 27.6 Å². The smallest absolute Gasteiger partial charge is 0.274 e. The van der Waals surface area contributed by atoms with Gasteiger partial charge in [-0.3, -0.25) is 9.59 Å². The van der Waals surface area contributed by atoms with Gasteiger partial charge in [-0.2, -0.15) is 13.2 Å². The zero-order chi connectivity index (χ0) is 19.9. The van der Waals surface area contributed by atoms with Crippen molar-refractivity contribution < 1.29 is 31.2 Å². The number of nitrogens with zero attached hydrogens (tertiary/aromatic N) is 5. The highest BCUT2D eigenvalue weighted by molar-refractivity contribution is 7.90. The van der Waals surface area contributed by atoms with Crippen molar-refractivity contribution in [2.75, 3.05) is 11.2 Å². The Bertz CT molecular complexity index is 984. The van der Waals surface area contributed by atoms with Crippen LogP contribution in [0.25, 0.3) is 0 Å². The molecule has 2 amide bonds. The summed E-state index contributed by atoms with van der Waals surface area (Å²) < 4.78 is 63.4. The molecule has 0 N–H and O–H groups in total. The van der Waals surface area contributed by atoms with Gasteiger partial charge in [0.2, 0.25) is 5.91 Å². The fourth-order valence-corrected chi connectivity index (χ4v) is 2.99. The summed E-state index contributed by atoms with van der Waals surface area (Å²) in [6.07, 6.45) is -4.16. The Hall–Kier alpha value is -2.83. The van der Waals surface area contributed by atoms with Crippen LogP contribution < -0.4 is 4.90 Å². The number of rotatable bonds is 3. The Balaban J connectivity index is 2.68. The van der Waals surface area contributed by atoms with Crippen LogP contribution >= 0.6 is 0 Å². The molecule has 0 saturated carbocycles. The molecule has 0 aliphatic heterocycles. The molecule has 0 bridgehead atoms. The first-order valence-corrected chi connectivity index (χ1v) is 8.72. The van der Waals surface area contributed by atoms with E-state index < -0.39 is 43.9 Å². The van der Waals surface area contributed by atoms with Gasteiger partial charge < -0.3 is 0 Å². The molecule has 0 saturated heterocycles. The van der Waals surface area contributed by atoms with Crippen LogP contribution in [-0.4, -0.2) is 46.7 Å². The molecule has 2 rings (SSSR count). The molecule has 26 heavy (non-hydrogen) atoms. The molecule has 9 nitrogen and oxygen atoms in total. The molecule has 1 aromatic heterocycles. The van der Waals surface area contributed by atoms with Crippen LogP contribution in [0.1, 0.15) is 22.8 Å². The second-order valence-corrected chi connectivity index (χ2v) is 7.23. The first-order chi connectivity index (χ1) is 11.8. The third kappa shape index (κ3) is 3.71. The van der Waals surface area contributed by atoms with Crippen LogP contribution in [0.5, 0.6) is 0 Å². The number of hydrogen-bond donors (Lipinski definition) is 0. The van der Waals surface area contributed by atoms with Gasteiger partial charge in [-0.15, -0.1) is 0 Å². The Labute approximate surface area is 145 Å². The number of halogens is 3. The minimum absolute atomic E-state index is 0.318. The van der Waals surface area contributed by atoms with E-state index in [1.807, 2.05) is 0 Å². The molecule has 2 aromatic rings. The average Bonchev–Trinajstić information content (AvgIpc) is 2.90. The summed E-state index contributed by atoms with van der Waals surface area (Å²) in [4.78, 5) is 24.2. The molecule has 1 aromatic carbocycles. The summed E-state index contributed by atoms with van der Waals surface area (Å²) in [5, 5.41) is 10.2. The zero-order valence-electron chi connectivity index (χ0n) is 13.6. The molecule has 1 heterocycles. The quantitative estimate of drug-likeness (QED) is 0.761. The van der Waals surface area contributed by atoms with Crippen molar-refractivity contribution in [1.82, 2.24) is 20.2 Å². The Morgan fingerprint density at radius 3 is 2.27 bits per heavy atom. The van der Waals surface area contributed by atoms with Crippen LogP contribution in [0.4, 0.5) is 19.1 Å². The van der Waals surface area contributed by atoms with Crippen molar-refractivity contribution in [3.63, 3.8) is 0 Å². The highest BCUT2D eigenvalue weighted by Gasteiger charge is 2.35. The van der Waals surface area contributed by atoms with Gasteiger partial charge in [0.25, 0.3) is 11.9 Å². The summed E-state index contributed by atoms with van der Waals surface area (Å²) >= 11 is 0. The maximum atomic E-state index is 12.9. The lowest BCUT2D eigenvalue weighted by atomic mass is 10.1. The van der Waals surface area contributed by atoms with E-state index in [1.165, 1.54) is 7.05 Å². The number of aryl methyl sites for hydroxylation is 1. The van der Waals surface area contributed by atoms with Gasteiger partial charge in [-0.25, -0.2) is 18.0 Å². The normalized spacial score (nSPS) is 12.1. The van der Waals surface area contributed by atoms with E-state index in [2.05, 4.69) is 15.5 Å². The van der Waals surface area contributed by atoms with E-state index in [-0.39, 0.29) is 5.95 Å². The van der Waals surface area contributed by atoms with E-state index in [0.717, 1.165) is 11.6 Å². The highest BCUT2D eigenvalue weighted by Crippen LogP contribution is 2.32. The number of sulfone groups is 1. The zero-order valence-corrected chi connectivity index (χ0v) is 14.5. The molecule has 140 valence electrons. The van der Waals surface area contributed by atoms with Gasteiger partial charge in [-0.1, -0.05) is 5.10 Å². The number of imide groups is 1. The lowest BCUT2D eigenvalue weighted by molar-refractivity contribution is -0.137. The standard InChI is InChI=1S/C13H12F3N5O4S/c1-7(22)21(12-17-18-19-20(12)2)11(23)9-5-4-8(13(14,15)16)6-10(9)26(3,24)25/h4-6H,1-3H3. The summed E-state index contributed by atoms with van der Waals surface area (Å²) in [6, 6.07) is 1.59. The van der Waals surface area contributed by atoms with Crippen molar-refractivity contribution in [2.24, 2.45) is 7.05 Å². The van der Waals surface area contributed by atoms with Crippen LogP contribution in [0.15, 0.2) is 23.1 Å². The number of amides is 2. The molecular weight excluding hydrogens is 379 g/mol. The van der Waals surface area contributed by atoms with Gasteiger partial charge in [-0.05, 0) is 28.6 Å². The predicted molar refractivity (Wildman–Crippen MR) is 80.8 cm³/mol. The van der Waals surface area contributed by atoms with Crippen LogP contribution in [0.2, 0.25) is 0 Å². The minimum Gasteiger partial charge on any atom is -0.274 e. The number of aromatic nitrogens is 4. The first-order valence-electron chi connectivity index (χ1n) is 6.82. The van der Waals surface area contributed by atoms with Crippen molar-refractivity contribution in [3.8, 4) is 0 Å². The first kappa shape index (κ1) is 19.5. The Kier molecular flexibility index (Phi) is 4.86. The maximum Gasteiger partial charge on any atom is 0.416 e. The molecular formula is C13H12F3N5O4S. The van der Waals surface area contributed by atoms with Gasteiger partial charge in [0.1, 0.15) is 0 Å². The number of benzene rings is 1. The summed E-state index contributed by atoms with van der Waals surface area (Å²) in [7, 11) is -2.89. The number of hydrogen-bond acceptors (Lipinski definition) is 7. The maximum absolute atomic E-state index is 12.9. The topological polar surface area (TPSA) is 115 Å². The van der Waals surface area contributed by atoms with Gasteiger partial charge in [0, 0.05) is 20.2 Å². The second-order valence-electron chi connectivity index (χ2n) is 5.24. The minimum atomic E-state index is -4.81. The average molecular weight is 391 g/mol. The number of carbonyl (C=O) groups is 2. The molecule has 0 atom stereocenters. The largest absolute Gasteiger partial charge is 0.416 e. The van der Waals surface area contributed by atoms with Crippen molar-refractivity contribution in [2.45, 2.75) is 18.0 Å². The number of tetrazole rings is 1. The SMILES string of the molecule is CC(=O)N(C(=O)c1ccc(C(F)(F)F)cc1S(C)(=O)=O)c1nnnn1C. The van der Waals surface area contributed by atoms with E-state index in [9.17, 15) is 31.2 Å². The van der Waals surface area contributed by atoms with E-state index >= 15 is 0 Å². The Morgan fingerprint density at radius 2 is 1.85 bits per heavy atom. The third-order valence-corrected chi connectivity index (χ3v) is 4.39. The lowest BCUT2D eigenvalue weighted by Crippen LogP contribution is -2.38.